The summed E-state index contributed by atoms with van der Waals surface area (Å²) in [5.41, 5.74) is 1.32. The minimum atomic E-state index is -0.380. The number of ether oxygens (including phenoxy) is 1. The molecule has 20 heavy (non-hydrogen) atoms. The molecule has 0 fully saturated rings. The van der Waals surface area contributed by atoms with Crippen LogP contribution in [0.2, 0.25) is 10.0 Å². The number of aromatic nitrogens is 1. The lowest BCUT2D eigenvalue weighted by Gasteiger charge is -2.02. The van der Waals surface area contributed by atoms with Gasteiger partial charge in [0, 0.05) is 21.3 Å². The number of hydrogen-bond acceptors (Lipinski definition) is 4. The van der Waals surface area contributed by atoms with Crippen LogP contribution < -0.4 is 0 Å². The highest BCUT2D eigenvalue weighted by atomic mass is 35.5. The highest BCUT2D eigenvalue weighted by Gasteiger charge is 2.17. The third-order valence-corrected chi connectivity index (χ3v) is 4.22. The topological polar surface area (TPSA) is 39.2 Å². The normalized spacial score (nSPS) is 10.6. The molecule has 3 nitrogen and oxygen atoms in total. The van der Waals surface area contributed by atoms with E-state index in [1.807, 2.05) is 13.0 Å². The first-order valence-electron chi connectivity index (χ1n) is 6.08. The maximum atomic E-state index is 11.7. The molecule has 6 heteroatoms. The Balaban J connectivity index is 2.22. The average molecular weight is 330 g/mol. The molecule has 0 aliphatic rings. The number of hydrogen-bond donors (Lipinski definition) is 0. The Kier molecular flexibility index (Phi) is 5.02. The molecule has 0 spiro atoms. The van der Waals surface area contributed by atoms with Crippen LogP contribution >= 0.6 is 34.5 Å². The Labute approximate surface area is 131 Å². The van der Waals surface area contributed by atoms with Gasteiger partial charge in [0.05, 0.1) is 11.6 Å². The van der Waals surface area contributed by atoms with E-state index in [4.69, 9.17) is 27.9 Å². The van der Waals surface area contributed by atoms with Crippen molar-refractivity contribution in [2.45, 2.75) is 20.3 Å². The Bertz CT molecular complexity index is 640. The molecule has 2 aromatic rings. The molecule has 0 radical (unpaired) electrons. The number of carbonyl (C=O) groups excluding carboxylic acids is 1. The lowest BCUT2D eigenvalue weighted by Crippen LogP contribution is -2.06. The van der Waals surface area contributed by atoms with Crippen LogP contribution in [0.1, 0.15) is 32.9 Å². The summed E-state index contributed by atoms with van der Waals surface area (Å²) in [6.45, 7) is 3.97. The highest BCUT2D eigenvalue weighted by molar-refractivity contribution is 7.11. The van der Waals surface area contributed by atoms with Gasteiger partial charge in [0.15, 0.2) is 5.69 Å². The Morgan fingerprint density at radius 3 is 2.80 bits per heavy atom. The van der Waals surface area contributed by atoms with Gasteiger partial charge in [0.1, 0.15) is 0 Å². The van der Waals surface area contributed by atoms with Gasteiger partial charge >= 0.3 is 5.97 Å². The van der Waals surface area contributed by atoms with Gasteiger partial charge in [-0.1, -0.05) is 29.3 Å². The Hall–Kier alpha value is -1.10. The average Bonchev–Trinajstić information content (AvgIpc) is 2.74. The van der Waals surface area contributed by atoms with Gasteiger partial charge in [-0.25, -0.2) is 9.78 Å². The zero-order valence-corrected chi connectivity index (χ0v) is 13.4. The third kappa shape index (κ3) is 3.51. The van der Waals surface area contributed by atoms with Crippen LogP contribution in [0.25, 0.3) is 0 Å². The predicted molar refractivity (Wildman–Crippen MR) is 82.1 cm³/mol. The number of benzene rings is 1. The summed E-state index contributed by atoms with van der Waals surface area (Å²) < 4.78 is 4.97. The Morgan fingerprint density at radius 1 is 1.40 bits per heavy atom. The van der Waals surface area contributed by atoms with Gasteiger partial charge in [-0.3, -0.25) is 0 Å². The molecule has 0 saturated heterocycles. The van der Waals surface area contributed by atoms with Crippen molar-refractivity contribution in [2.24, 2.45) is 0 Å². The SMILES string of the molecule is CCOC(=O)c1nc(Cc2ccc(Cl)cc2Cl)sc1C. The number of thiazole rings is 1. The van der Waals surface area contributed by atoms with Crippen molar-refractivity contribution in [1.82, 2.24) is 4.98 Å². The van der Waals surface area contributed by atoms with Crippen molar-refractivity contribution < 1.29 is 9.53 Å². The van der Waals surface area contributed by atoms with Crippen LogP contribution in [0.3, 0.4) is 0 Å². The zero-order valence-electron chi connectivity index (χ0n) is 11.1. The molecule has 106 valence electrons. The second-order valence-electron chi connectivity index (χ2n) is 4.15. The first-order chi connectivity index (χ1) is 9.51. The molecule has 0 aliphatic heterocycles. The summed E-state index contributed by atoms with van der Waals surface area (Å²) in [4.78, 5) is 16.9. The summed E-state index contributed by atoms with van der Waals surface area (Å²) in [6.07, 6.45) is 0.570. The first-order valence-corrected chi connectivity index (χ1v) is 7.66. The van der Waals surface area contributed by atoms with Crippen molar-refractivity contribution in [3.63, 3.8) is 0 Å². The van der Waals surface area contributed by atoms with Crippen LogP contribution in [-0.2, 0) is 11.2 Å². The quantitative estimate of drug-likeness (QED) is 0.774. The predicted octanol–water partition coefficient (Wildman–Crippen LogP) is 4.53. The Morgan fingerprint density at radius 2 is 2.15 bits per heavy atom. The van der Waals surface area contributed by atoms with E-state index in [0.717, 1.165) is 15.4 Å². The summed E-state index contributed by atoms with van der Waals surface area (Å²) in [6, 6.07) is 5.35. The second kappa shape index (κ2) is 6.57. The van der Waals surface area contributed by atoms with Crippen molar-refractivity contribution in [3.8, 4) is 0 Å². The lowest BCUT2D eigenvalue weighted by molar-refractivity contribution is 0.0519. The maximum absolute atomic E-state index is 11.7. The van der Waals surface area contributed by atoms with Crippen LogP contribution in [0.15, 0.2) is 18.2 Å². The lowest BCUT2D eigenvalue weighted by atomic mass is 10.1. The van der Waals surface area contributed by atoms with E-state index in [2.05, 4.69) is 4.98 Å². The number of nitrogens with zero attached hydrogens (tertiary/aromatic N) is 1. The van der Waals surface area contributed by atoms with Gasteiger partial charge in [-0.05, 0) is 31.5 Å². The van der Waals surface area contributed by atoms with Gasteiger partial charge in [-0.2, -0.15) is 0 Å². The number of aryl methyl sites for hydroxylation is 1. The molecule has 0 amide bonds. The minimum Gasteiger partial charge on any atom is -0.461 e. The molecule has 0 N–H and O–H groups in total. The van der Waals surface area contributed by atoms with Gasteiger partial charge in [-0.15, -0.1) is 11.3 Å². The van der Waals surface area contributed by atoms with Crippen LogP contribution in [-0.4, -0.2) is 17.6 Å². The fourth-order valence-corrected chi connectivity index (χ4v) is 3.16. The molecular formula is C14H13Cl2NO2S. The molecule has 0 atom stereocenters. The summed E-state index contributed by atoms with van der Waals surface area (Å²) in [5.74, 6) is -0.380. The zero-order chi connectivity index (χ0) is 14.7. The van der Waals surface area contributed by atoms with E-state index in [-0.39, 0.29) is 5.97 Å². The van der Waals surface area contributed by atoms with Crippen LogP contribution in [0, 0.1) is 6.92 Å². The minimum absolute atomic E-state index is 0.341. The molecule has 1 aromatic heterocycles. The third-order valence-electron chi connectivity index (χ3n) is 2.67. The number of halogens is 2. The molecule has 0 bridgehead atoms. The first kappa shape index (κ1) is 15.3. The van der Waals surface area contributed by atoms with Crippen molar-refractivity contribution in [1.29, 1.82) is 0 Å². The second-order valence-corrected chi connectivity index (χ2v) is 6.28. The smallest absolute Gasteiger partial charge is 0.358 e. The monoisotopic (exact) mass is 329 g/mol. The molecule has 0 saturated carbocycles. The van der Waals surface area contributed by atoms with Crippen LogP contribution in [0.4, 0.5) is 0 Å². The number of esters is 1. The molecular weight excluding hydrogens is 317 g/mol. The maximum Gasteiger partial charge on any atom is 0.358 e. The largest absolute Gasteiger partial charge is 0.461 e. The fourth-order valence-electron chi connectivity index (χ4n) is 1.74. The standard InChI is InChI=1S/C14H13Cl2NO2S/c1-3-19-14(18)13-8(2)20-12(17-13)6-9-4-5-10(15)7-11(9)16/h4-5,7H,3,6H2,1-2H3. The highest BCUT2D eigenvalue weighted by Crippen LogP contribution is 2.26. The number of carbonyl (C=O) groups is 1. The van der Waals surface area contributed by atoms with Crippen molar-refractivity contribution in [3.05, 3.63) is 49.4 Å². The molecule has 2 rings (SSSR count). The van der Waals surface area contributed by atoms with Crippen LogP contribution in [0.5, 0.6) is 0 Å². The summed E-state index contributed by atoms with van der Waals surface area (Å²) in [5, 5.41) is 2.03. The van der Waals surface area contributed by atoms with E-state index in [9.17, 15) is 4.79 Å². The van der Waals surface area contributed by atoms with Gasteiger partial charge in [0.2, 0.25) is 0 Å². The fraction of sp³-hybridized carbons (Fsp3) is 0.286. The van der Waals surface area contributed by atoms with E-state index in [1.54, 1.807) is 19.1 Å². The molecule has 0 aliphatic carbocycles. The van der Waals surface area contributed by atoms with E-state index >= 15 is 0 Å². The number of rotatable bonds is 4. The van der Waals surface area contributed by atoms with Gasteiger partial charge < -0.3 is 4.74 Å². The van der Waals surface area contributed by atoms with Gasteiger partial charge in [0.25, 0.3) is 0 Å². The summed E-state index contributed by atoms with van der Waals surface area (Å²) >= 11 is 13.5. The molecule has 1 aromatic carbocycles. The van der Waals surface area contributed by atoms with Crippen molar-refractivity contribution >= 4 is 40.5 Å². The van der Waals surface area contributed by atoms with E-state index in [0.29, 0.717) is 28.8 Å². The molecule has 0 unspecified atom stereocenters. The molecule has 1 heterocycles. The van der Waals surface area contributed by atoms with E-state index < -0.39 is 0 Å². The van der Waals surface area contributed by atoms with E-state index in [1.165, 1.54) is 11.3 Å². The summed E-state index contributed by atoms with van der Waals surface area (Å²) in [7, 11) is 0. The van der Waals surface area contributed by atoms with Crippen molar-refractivity contribution in [2.75, 3.05) is 6.61 Å².